The molecule has 0 saturated carbocycles. The van der Waals surface area contributed by atoms with E-state index in [1.54, 1.807) is 37.3 Å². The molecule has 1 N–H and O–H groups in total. The van der Waals surface area contributed by atoms with E-state index >= 15 is 0 Å². The summed E-state index contributed by atoms with van der Waals surface area (Å²) in [5, 5.41) is 3.24. The van der Waals surface area contributed by atoms with E-state index in [1.165, 1.54) is 0 Å². The van der Waals surface area contributed by atoms with Crippen LogP contribution in [-0.4, -0.2) is 36.8 Å². The lowest BCUT2D eigenvalue weighted by Gasteiger charge is -2.19. The standard InChI is InChI=1S/C45H41NO7/c1-28(2)26-46-37-18-15-32(16-19-37)30(4)44(49)53-45(50)39(27-51-43(48)23-31-11-13-34(14-12-31)33-8-6-5-7-9-33)35-17-21-42-38(24-35)40(47)25-36-22-29(3)10-20-41(36)52-42/h5-22,24,30,39,46H,1,23,25-27H2,2-4H3. The Morgan fingerprint density at radius 3 is 2.21 bits per heavy atom. The summed E-state index contributed by atoms with van der Waals surface area (Å²) in [6.45, 7) is 9.62. The Morgan fingerprint density at radius 2 is 1.49 bits per heavy atom. The van der Waals surface area contributed by atoms with Crippen molar-refractivity contribution in [1.82, 2.24) is 0 Å². The fourth-order valence-corrected chi connectivity index (χ4v) is 6.08. The van der Waals surface area contributed by atoms with Crippen LogP contribution in [-0.2, 0) is 36.7 Å². The molecule has 0 fully saturated rings. The number of nitrogens with one attached hydrogen (secondary N) is 1. The van der Waals surface area contributed by atoms with E-state index in [1.807, 2.05) is 98.8 Å². The number of hydrogen-bond acceptors (Lipinski definition) is 8. The molecule has 8 nitrogen and oxygen atoms in total. The van der Waals surface area contributed by atoms with Crippen LogP contribution in [0.1, 0.15) is 63.9 Å². The van der Waals surface area contributed by atoms with Crippen molar-refractivity contribution in [1.29, 1.82) is 0 Å². The Bertz CT molecular complexity index is 2150. The van der Waals surface area contributed by atoms with E-state index in [0.29, 0.717) is 29.2 Å². The first-order valence-corrected chi connectivity index (χ1v) is 17.5. The van der Waals surface area contributed by atoms with E-state index in [0.717, 1.165) is 39.1 Å². The minimum atomic E-state index is -1.20. The molecule has 0 aliphatic carbocycles. The second-order valence-corrected chi connectivity index (χ2v) is 13.4. The Hall–Kier alpha value is -6.28. The second kappa shape index (κ2) is 16.4. The molecule has 1 heterocycles. The Labute approximate surface area is 309 Å². The molecule has 0 aromatic heterocycles. The third-order valence-corrected chi connectivity index (χ3v) is 9.16. The third-order valence-electron chi connectivity index (χ3n) is 9.16. The van der Waals surface area contributed by atoms with Crippen LogP contribution in [0, 0.1) is 6.92 Å². The summed E-state index contributed by atoms with van der Waals surface area (Å²) in [5.41, 5.74) is 7.69. The minimum absolute atomic E-state index is 0.0296. The van der Waals surface area contributed by atoms with Crippen molar-refractivity contribution in [2.45, 2.75) is 45.4 Å². The number of esters is 3. The monoisotopic (exact) mass is 707 g/mol. The highest BCUT2D eigenvalue weighted by Gasteiger charge is 2.31. The topological polar surface area (TPSA) is 108 Å². The van der Waals surface area contributed by atoms with Crippen molar-refractivity contribution in [2.75, 3.05) is 18.5 Å². The predicted molar refractivity (Wildman–Crippen MR) is 204 cm³/mol. The molecule has 0 amide bonds. The van der Waals surface area contributed by atoms with Gasteiger partial charge in [-0.05, 0) is 78.9 Å². The molecule has 0 radical (unpaired) electrons. The molecule has 0 bridgehead atoms. The molecule has 5 aromatic rings. The van der Waals surface area contributed by atoms with Crippen molar-refractivity contribution >= 4 is 29.4 Å². The van der Waals surface area contributed by atoms with Crippen molar-refractivity contribution < 1.29 is 33.4 Å². The van der Waals surface area contributed by atoms with Crippen LogP contribution in [0.15, 0.2) is 127 Å². The highest BCUT2D eigenvalue weighted by molar-refractivity contribution is 6.02. The van der Waals surface area contributed by atoms with Crippen LogP contribution in [0.25, 0.3) is 11.1 Å². The molecule has 268 valence electrons. The Kier molecular flexibility index (Phi) is 11.3. The average Bonchev–Trinajstić information content (AvgIpc) is 3.29. The molecule has 53 heavy (non-hydrogen) atoms. The predicted octanol–water partition coefficient (Wildman–Crippen LogP) is 8.92. The quantitative estimate of drug-likeness (QED) is 0.0778. The summed E-state index contributed by atoms with van der Waals surface area (Å²) in [4.78, 5) is 53.7. The Balaban J connectivity index is 1.19. The third kappa shape index (κ3) is 9.15. The largest absolute Gasteiger partial charge is 0.464 e. The number of aryl methyl sites for hydroxylation is 1. The van der Waals surface area contributed by atoms with E-state index in [9.17, 15) is 19.2 Å². The van der Waals surface area contributed by atoms with Gasteiger partial charge in [-0.3, -0.25) is 19.2 Å². The van der Waals surface area contributed by atoms with Gasteiger partial charge in [0.1, 0.15) is 24.0 Å². The van der Waals surface area contributed by atoms with Gasteiger partial charge < -0.3 is 19.5 Å². The summed E-state index contributed by atoms with van der Waals surface area (Å²) < 4.78 is 17.2. The number of Topliss-reactive ketones (excluding diaryl/α,β-unsaturated/α-hetero) is 1. The molecule has 0 spiro atoms. The van der Waals surface area contributed by atoms with Crippen molar-refractivity contribution in [3.05, 3.63) is 161 Å². The first kappa shape index (κ1) is 36.5. The molecule has 0 saturated heterocycles. The van der Waals surface area contributed by atoms with Gasteiger partial charge in [0.2, 0.25) is 0 Å². The number of benzene rings is 5. The van der Waals surface area contributed by atoms with E-state index in [2.05, 4.69) is 11.9 Å². The minimum Gasteiger partial charge on any atom is -0.464 e. The zero-order chi connectivity index (χ0) is 37.5. The molecular formula is C45H41NO7. The number of ketones is 1. The summed E-state index contributed by atoms with van der Waals surface area (Å²) in [6.07, 6.45) is 0.0797. The molecular weight excluding hydrogens is 666 g/mol. The van der Waals surface area contributed by atoms with E-state index < -0.39 is 36.4 Å². The van der Waals surface area contributed by atoms with Crippen LogP contribution < -0.4 is 10.1 Å². The van der Waals surface area contributed by atoms with Crippen LogP contribution in [0.3, 0.4) is 0 Å². The van der Waals surface area contributed by atoms with Gasteiger partial charge in [-0.1, -0.05) is 103 Å². The molecule has 1 aliphatic heterocycles. The number of hydrogen-bond donors (Lipinski definition) is 1. The number of rotatable bonds is 12. The second-order valence-electron chi connectivity index (χ2n) is 13.4. The number of fused-ring (bicyclic) bond motifs is 2. The summed E-state index contributed by atoms with van der Waals surface area (Å²) in [5.74, 6) is -3.45. The Morgan fingerprint density at radius 1 is 0.811 bits per heavy atom. The average molecular weight is 708 g/mol. The highest BCUT2D eigenvalue weighted by atomic mass is 16.6. The number of ether oxygens (including phenoxy) is 3. The lowest BCUT2D eigenvalue weighted by atomic mass is 9.94. The van der Waals surface area contributed by atoms with Gasteiger partial charge >= 0.3 is 17.9 Å². The molecule has 2 atom stereocenters. The van der Waals surface area contributed by atoms with E-state index in [-0.39, 0.29) is 24.2 Å². The smallest absolute Gasteiger partial charge is 0.324 e. The molecule has 8 heteroatoms. The summed E-state index contributed by atoms with van der Waals surface area (Å²) in [6, 6.07) is 35.2. The van der Waals surface area contributed by atoms with Gasteiger partial charge in [-0.2, -0.15) is 0 Å². The van der Waals surface area contributed by atoms with Gasteiger partial charge in [0, 0.05) is 24.2 Å². The summed E-state index contributed by atoms with van der Waals surface area (Å²) >= 11 is 0. The summed E-state index contributed by atoms with van der Waals surface area (Å²) in [7, 11) is 0. The fraction of sp³-hybridized carbons (Fsp3) is 0.200. The van der Waals surface area contributed by atoms with Crippen LogP contribution in [0.2, 0.25) is 0 Å². The maximum absolute atomic E-state index is 13.8. The SMILES string of the molecule is C=C(C)CNc1ccc(C(C)C(=O)OC(=O)C(COC(=O)Cc2ccc(-c3ccccc3)cc2)c2ccc3c(c2)C(=O)Cc2cc(C)ccc2O3)cc1. The normalized spacial score (nSPS) is 12.9. The van der Waals surface area contributed by atoms with Crippen molar-refractivity contribution in [2.24, 2.45) is 0 Å². The van der Waals surface area contributed by atoms with E-state index in [4.69, 9.17) is 14.2 Å². The molecule has 2 unspecified atom stereocenters. The first-order valence-electron chi connectivity index (χ1n) is 17.5. The molecule has 5 aromatic carbocycles. The molecule has 1 aliphatic rings. The maximum atomic E-state index is 13.8. The highest BCUT2D eigenvalue weighted by Crippen LogP contribution is 2.36. The van der Waals surface area contributed by atoms with Gasteiger partial charge in [0.25, 0.3) is 0 Å². The fourth-order valence-electron chi connectivity index (χ4n) is 6.08. The van der Waals surface area contributed by atoms with Gasteiger partial charge in [-0.25, -0.2) is 0 Å². The van der Waals surface area contributed by atoms with Gasteiger partial charge in [0.15, 0.2) is 5.78 Å². The lowest BCUT2D eigenvalue weighted by Crippen LogP contribution is -2.27. The number of carbonyl (C=O) groups is 4. The zero-order valence-corrected chi connectivity index (χ0v) is 30.0. The molecule has 6 rings (SSSR count). The lowest BCUT2D eigenvalue weighted by molar-refractivity contribution is -0.163. The number of anilines is 1. The first-order chi connectivity index (χ1) is 25.5. The maximum Gasteiger partial charge on any atom is 0.324 e. The van der Waals surface area contributed by atoms with Crippen LogP contribution in [0.5, 0.6) is 11.5 Å². The zero-order valence-electron chi connectivity index (χ0n) is 30.0. The van der Waals surface area contributed by atoms with Crippen molar-refractivity contribution in [3.8, 4) is 22.6 Å². The van der Waals surface area contributed by atoms with Gasteiger partial charge in [0.05, 0.1) is 17.9 Å². The van der Waals surface area contributed by atoms with Crippen LogP contribution >= 0.6 is 0 Å². The van der Waals surface area contributed by atoms with Crippen LogP contribution in [0.4, 0.5) is 5.69 Å². The van der Waals surface area contributed by atoms with Gasteiger partial charge in [-0.15, -0.1) is 0 Å². The van der Waals surface area contributed by atoms with Crippen molar-refractivity contribution in [3.63, 3.8) is 0 Å². The number of carbonyl (C=O) groups excluding carboxylic acids is 4.